The molecule has 0 amide bonds. The van der Waals surface area contributed by atoms with Crippen molar-refractivity contribution in [3.8, 4) is 22.6 Å². The molecule has 0 spiro atoms. The Morgan fingerprint density at radius 2 is 1.46 bits per heavy atom. The number of methoxy groups -OCH3 is 1. The monoisotopic (exact) mass is 519 g/mol. The molecule has 3 aromatic rings. The maximum atomic E-state index is 11.9. The van der Waals surface area contributed by atoms with Gasteiger partial charge in [0.15, 0.2) is 0 Å². The van der Waals surface area contributed by atoms with Crippen LogP contribution in [0.15, 0.2) is 65.7 Å². The highest BCUT2D eigenvalue weighted by atomic mass is 16.5. The average Bonchev–Trinajstić information content (AvgIpc) is 2.96. The van der Waals surface area contributed by atoms with Crippen molar-refractivity contribution in [3.05, 3.63) is 77.4 Å². The molecule has 0 atom stereocenters. The van der Waals surface area contributed by atoms with Crippen molar-refractivity contribution in [2.75, 3.05) is 7.11 Å². The second-order valence-corrected chi connectivity index (χ2v) is 13.0. The lowest BCUT2D eigenvalue weighted by molar-refractivity contribution is -0.00619. The number of rotatable bonds is 6. The summed E-state index contributed by atoms with van der Waals surface area (Å²) in [5.74, 6) is 4.46. The molecule has 8 rings (SSSR count). The third kappa shape index (κ3) is 4.58. The van der Waals surface area contributed by atoms with Gasteiger partial charge in [-0.3, -0.25) is 4.99 Å². The predicted molar refractivity (Wildman–Crippen MR) is 159 cm³/mol. The van der Waals surface area contributed by atoms with Crippen LogP contribution in [0, 0.1) is 17.8 Å². The Bertz CT molecular complexity index is 1350. The lowest BCUT2D eigenvalue weighted by Crippen LogP contribution is -2.48. The molecule has 5 fully saturated rings. The summed E-state index contributed by atoms with van der Waals surface area (Å²) in [5.41, 5.74) is 6.67. The van der Waals surface area contributed by atoms with Gasteiger partial charge in [0.2, 0.25) is 0 Å². The number of aromatic hydroxyl groups is 1. The third-order valence-electron chi connectivity index (χ3n) is 10.5. The number of phenols is 1. The quantitative estimate of drug-likeness (QED) is 0.330. The van der Waals surface area contributed by atoms with Crippen LogP contribution in [0.2, 0.25) is 0 Å². The van der Waals surface area contributed by atoms with Crippen LogP contribution in [0.3, 0.4) is 0 Å². The number of ether oxygens (including phenoxy) is 1. The maximum Gasteiger partial charge on any atom is 0.128 e. The van der Waals surface area contributed by atoms with E-state index in [0.29, 0.717) is 11.7 Å². The minimum atomic E-state index is 0.154. The van der Waals surface area contributed by atoms with E-state index in [9.17, 15) is 5.11 Å². The van der Waals surface area contributed by atoms with Crippen molar-refractivity contribution in [1.82, 2.24) is 0 Å². The van der Waals surface area contributed by atoms with Crippen molar-refractivity contribution in [3.63, 3.8) is 0 Å². The van der Waals surface area contributed by atoms with Gasteiger partial charge in [-0.05, 0) is 104 Å². The molecule has 1 N–H and O–H groups in total. The van der Waals surface area contributed by atoms with Crippen LogP contribution in [0.5, 0.6) is 11.5 Å². The fraction of sp³-hybridized carbons (Fsp3) is 0.472. The Labute approximate surface area is 233 Å². The van der Waals surface area contributed by atoms with Gasteiger partial charge in [-0.15, -0.1) is 0 Å². The minimum absolute atomic E-state index is 0.154. The third-order valence-corrected chi connectivity index (χ3v) is 10.5. The molecule has 5 aliphatic rings. The zero-order valence-corrected chi connectivity index (χ0v) is 23.2. The molecule has 0 aromatic heterocycles. The summed E-state index contributed by atoms with van der Waals surface area (Å²) in [6.07, 6.45) is 16.4. The van der Waals surface area contributed by atoms with Crippen molar-refractivity contribution < 1.29 is 9.84 Å². The number of hydrogen-bond acceptors (Lipinski definition) is 3. The maximum absolute atomic E-state index is 11.9. The van der Waals surface area contributed by atoms with E-state index >= 15 is 0 Å². The van der Waals surface area contributed by atoms with Gasteiger partial charge in [-0.25, -0.2) is 0 Å². The Morgan fingerprint density at radius 3 is 2.15 bits per heavy atom. The summed E-state index contributed by atoms with van der Waals surface area (Å²) < 4.78 is 5.66. The van der Waals surface area contributed by atoms with E-state index in [1.807, 2.05) is 36.5 Å². The first-order valence-corrected chi connectivity index (χ1v) is 15.3. The molecule has 0 unspecified atom stereocenters. The van der Waals surface area contributed by atoms with Crippen LogP contribution in [0.4, 0.5) is 5.69 Å². The van der Waals surface area contributed by atoms with Crippen molar-refractivity contribution in [1.29, 1.82) is 0 Å². The standard InChI is InChI=1S/C36H41NO2/c1-39-34-14-8-6-12-31(34)30-11-5-7-13-33(30)37-23-29-18-28(27-9-3-2-4-10-27)19-32(35(29)38)36-20-24-15-25(21-36)17-26(16-24)22-36/h5-8,11-14,18-19,23-27,38H,2-4,9-10,15-17,20-22H2,1H3. The molecular formula is C36H41NO2. The lowest BCUT2D eigenvalue weighted by Gasteiger charge is -2.57. The summed E-state index contributed by atoms with van der Waals surface area (Å²) >= 11 is 0. The zero-order valence-electron chi connectivity index (χ0n) is 23.2. The van der Waals surface area contributed by atoms with E-state index in [4.69, 9.17) is 9.73 Å². The molecule has 5 saturated carbocycles. The van der Waals surface area contributed by atoms with Gasteiger partial charge in [0.05, 0.1) is 12.8 Å². The fourth-order valence-corrected chi connectivity index (χ4v) is 9.12. The molecule has 3 aromatic carbocycles. The van der Waals surface area contributed by atoms with Gasteiger partial charge in [-0.2, -0.15) is 0 Å². The van der Waals surface area contributed by atoms with Gasteiger partial charge in [-0.1, -0.05) is 61.7 Å². The van der Waals surface area contributed by atoms with Crippen LogP contribution < -0.4 is 4.74 Å². The minimum Gasteiger partial charge on any atom is -0.507 e. The normalized spacial score (nSPS) is 28.3. The SMILES string of the molecule is COc1ccccc1-c1ccccc1N=Cc1cc(C2CCCCC2)cc(C23CC4CC(CC(C4)C2)C3)c1O. The van der Waals surface area contributed by atoms with Crippen LogP contribution in [0.1, 0.15) is 93.2 Å². The lowest BCUT2D eigenvalue weighted by atomic mass is 9.48. The van der Waals surface area contributed by atoms with Gasteiger partial charge in [0.1, 0.15) is 11.5 Å². The first kappa shape index (κ1) is 24.9. The largest absolute Gasteiger partial charge is 0.507 e. The van der Waals surface area contributed by atoms with Crippen LogP contribution in [0.25, 0.3) is 11.1 Å². The van der Waals surface area contributed by atoms with E-state index < -0.39 is 0 Å². The van der Waals surface area contributed by atoms with Crippen molar-refractivity contribution in [2.45, 2.75) is 82.0 Å². The smallest absolute Gasteiger partial charge is 0.128 e. The highest BCUT2D eigenvalue weighted by Gasteiger charge is 2.52. The van der Waals surface area contributed by atoms with Crippen LogP contribution in [-0.4, -0.2) is 18.4 Å². The molecule has 0 aliphatic heterocycles. The second kappa shape index (κ2) is 10.2. The van der Waals surface area contributed by atoms with Crippen molar-refractivity contribution in [2.24, 2.45) is 22.7 Å². The molecule has 4 bridgehead atoms. The number of para-hydroxylation sites is 2. The van der Waals surface area contributed by atoms with Gasteiger partial charge < -0.3 is 9.84 Å². The first-order valence-electron chi connectivity index (χ1n) is 15.3. The summed E-state index contributed by atoms with van der Waals surface area (Å²) in [6, 6.07) is 21.0. The first-order chi connectivity index (χ1) is 19.1. The summed E-state index contributed by atoms with van der Waals surface area (Å²) in [6.45, 7) is 0. The van der Waals surface area contributed by atoms with E-state index in [-0.39, 0.29) is 5.41 Å². The Balaban J connectivity index is 1.31. The predicted octanol–water partition coefficient (Wildman–Crippen LogP) is 9.33. The molecule has 0 saturated heterocycles. The molecular weight excluding hydrogens is 478 g/mol. The Kier molecular flexibility index (Phi) is 6.49. The summed E-state index contributed by atoms with van der Waals surface area (Å²) in [4.78, 5) is 5.02. The van der Waals surface area contributed by atoms with E-state index in [2.05, 4.69) is 30.3 Å². The van der Waals surface area contributed by atoms with Crippen LogP contribution in [-0.2, 0) is 5.41 Å². The molecule has 0 heterocycles. The van der Waals surface area contributed by atoms with E-state index in [1.54, 1.807) is 7.11 Å². The van der Waals surface area contributed by atoms with Gasteiger partial charge >= 0.3 is 0 Å². The summed E-state index contributed by atoms with van der Waals surface area (Å²) in [5, 5.41) is 11.9. The van der Waals surface area contributed by atoms with Crippen molar-refractivity contribution >= 4 is 11.9 Å². The molecule has 3 nitrogen and oxygen atoms in total. The highest BCUT2D eigenvalue weighted by molar-refractivity contribution is 5.90. The zero-order chi connectivity index (χ0) is 26.4. The van der Waals surface area contributed by atoms with Gasteiger partial charge in [0.25, 0.3) is 0 Å². The summed E-state index contributed by atoms with van der Waals surface area (Å²) in [7, 11) is 1.71. The molecule has 39 heavy (non-hydrogen) atoms. The Hall–Kier alpha value is -3.07. The topological polar surface area (TPSA) is 41.8 Å². The second-order valence-electron chi connectivity index (χ2n) is 13.0. The molecule has 202 valence electrons. The average molecular weight is 520 g/mol. The van der Waals surface area contributed by atoms with Gasteiger partial charge in [0, 0.05) is 28.5 Å². The number of hydrogen-bond donors (Lipinski definition) is 1. The molecule has 3 heteroatoms. The number of aliphatic imine (C=N–C) groups is 1. The highest BCUT2D eigenvalue weighted by Crippen LogP contribution is 2.62. The molecule has 5 aliphatic carbocycles. The number of nitrogens with zero attached hydrogens (tertiary/aromatic N) is 1. The Morgan fingerprint density at radius 1 is 0.821 bits per heavy atom. The van der Waals surface area contributed by atoms with E-state index in [1.165, 1.54) is 81.8 Å². The van der Waals surface area contributed by atoms with E-state index in [0.717, 1.165) is 45.9 Å². The number of phenolic OH excluding ortho intramolecular Hbond substituents is 1. The van der Waals surface area contributed by atoms with Crippen LogP contribution >= 0.6 is 0 Å². The molecule has 0 radical (unpaired) electrons. The fourth-order valence-electron chi connectivity index (χ4n) is 9.12. The number of benzene rings is 3.